The highest BCUT2D eigenvalue weighted by molar-refractivity contribution is 5.33. The Balaban J connectivity index is 2.06. The van der Waals surface area contributed by atoms with Crippen molar-refractivity contribution in [1.29, 1.82) is 0 Å². The van der Waals surface area contributed by atoms with Crippen LogP contribution < -0.4 is 15.2 Å². The molecule has 106 valence electrons. The molecule has 0 fully saturated rings. The van der Waals surface area contributed by atoms with Crippen LogP contribution in [0.5, 0.6) is 11.5 Å². The van der Waals surface area contributed by atoms with Gasteiger partial charge in [0.15, 0.2) is 0 Å². The van der Waals surface area contributed by atoms with Crippen molar-refractivity contribution in [3.63, 3.8) is 0 Å². The normalized spacial score (nSPS) is 10.3. The third kappa shape index (κ3) is 3.71. The number of benzene rings is 2. The lowest BCUT2D eigenvalue weighted by Crippen LogP contribution is -2.02. The van der Waals surface area contributed by atoms with Crippen molar-refractivity contribution in [2.75, 3.05) is 6.61 Å². The van der Waals surface area contributed by atoms with Crippen molar-refractivity contribution in [2.24, 2.45) is 5.73 Å². The van der Waals surface area contributed by atoms with Crippen LogP contribution in [0.15, 0.2) is 42.5 Å². The number of halogens is 1. The minimum Gasteiger partial charge on any atom is -0.494 e. The Hall–Kier alpha value is -2.07. The van der Waals surface area contributed by atoms with E-state index < -0.39 is 0 Å². The second kappa shape index (κ2) is 6.91. The molecule has 0 aliphatic rings. The molecule has 0 atom stereocenters. The first-order valence-corrected chi connectivity index (χ1v) is 6.56. The zero-order valence-corrected chi connectivity index (χ0v) is 11.4. The van der Waals surface area contributed by atoms with E-state index in [2.05, 4.69) is 0 Å². The molecule has 0 saturated carbocycles. The van der Waals surface area contributed by atoms with E-state index in [1.165, 1.54) is 6.07 Å². The Kier molecular flexibility index (Phi) is 4.96. The van der Waals surface area contributed by atoms with Crippen LogP contribution in [-0.2, 0) is 13.2 Å². The van der Waals surface area contributed by atoms with Gasteiger partial charge in [-0.05, 0) is 36.8 Å². The number of ether oxygens (including phenoxy) is 2. The summed E-state index contributed by atoms with van der Waals surface area (Å²) < 4.78 is 24.6. The Morgan fingerprint density at radius 1 is 1.05 bits per heavy atom. The zero-order valence-electron chi connectivity index (χ0n) is 11.4. The summed E-state index contributed by atoms with van der Waals surface area (Å²) in [5.74, 6) is 1.10. The van der Waals surface area contributed by atoms with E-state index in [1.54, 1.807) is 18.2 Å². The summed E-state index contributed by atoms with van der Waals surface area (Å²) in [7, 11) is 0. The Labute approximate surface area is 118 Å². The fourth-order valence-electron chi connectivity index (χ4n) is 1.85. The molecule has 20 heavy (non-hydrogen) atoms. The molecule has 0 radical (unpaired) electrons. The lowest BCUT2D eigenvalue weighted by atomic mass is 10.1. The molecule has 3 nitrogen and oxygen atoms in total. The molecule has 2 aromatic rings. The highest BCUT2D eigenvalue weighted by Crippen LogP contribution is 2.21. The standard InChI is InChI=1S/C16H18FNO2/c1-2-19-14-4-3-5-15(9-14)20-11-13-8-12(10-18)6-7-16(13)17/h3-9H,2,10-11,18H2,1H3. The summed E-state index contributed by atoms with van der Waals surface area (Å²) in [4.78, 5) is 0. The maximum absolute atomic E-state index is 13.7. The lowest BCUT2D eigenvalue weighted by Gasteiger charge is -2.10. The van der Waals surface area contributed by atoms with Gasteiger partial charge in [0.2, 0.25) is 0 Å². The fraction of sp³-hybridized carbons (Fsp3) is 0.250. The third-order valence-electron chi connectivity index (χ3n) is 2.86. The molecule has 0 saturated heterocycles. The summed E-state index contributed by atoms with van der Waals surface area (Å²) in [5, 5.41) is 0. The van der Waals surface area contributed by atoms with Crippen LogP contribution in [0, 0.1) is 5.82 Å². The van der Waals surface area contributed by atoms with Gasteiger partial charge in [0, 0.05) is 18.2 Å². The average molecular weight is 275 g/mol. The van der Waals surface area contributed by atoms with E-state index in [1.807, 2.05) is 25.1 Å². The van der Waals surface area contributed by atoms with Crippen molar-refractivity contribution < 1.29 is 13.9 Å². The predicted molar refractivity (Wildman–Crippen MR) is 76.2 cm³/mol. The Bertz CT molecular complexity index is 572. The number of rotatable bonds is 6. The Morgan fingerprint density at radius 2 is 1.80 bits per heavy atom. The van der Waals surface area contributed by atoms with E-state index in [0.29, 0.717) is 24.5 Å². The largest absolute Gasteiger partial charge is 0.494 e. The van der Waals surface area contributed by atoms with Crippen LogP contribution in [0.2, 0.25) is 0 Å². The van der Waals surface area contributed by atoms with Crippen molar-refractivity contribution in [1.82, 2.24) is 0 Å². The van der Waals surface area contributed by atoms with Crippen molar-refractivity contribution >= 4 is 0 Å². The molecule has 4 heteroatoms. The van der Waals surface area contributed by atoms with Gasteiger partial charge >= 0.3 is 0 Å². The van der Waals surface area contributed by atoms with E-state index >= 15 is 0 Å². The van der Waals surface area contributed by atoms with E-state index in [0.717, 1.165) is 11.3 Å². The van der Waals surface area contributed by atoms with Crippen LogP contribution in [0.3, 0.4) is 0 Å². The van der Waals surface area contributed by atoms with Crippen molar-refractivity contribution in [3.8, 4) is 11.5 Å². The zero-order chi connectivity index (χ0) is 14.4. The van der Waals surface area contributed by atoms with Gasteiger partial charge in [-0.1, -0.05) is 12.1 Å². The molecule has 0 unspecified atom stereocenters. The summed E-state index contributed by atoms with van der Waals surface area (Å²) in [5.41, 5.74) is 6.93. The third-order valence-corrected chi connectivity index (χ3v) is 2.86. The molecular weight excluding hydrogens is 257 g/mol. The molecule has 0 heterocycles. The van der Waals surface area contributed by atoms with Crippen LogP contribution in [-0.4, -0.2) is 6.61 Å². The second-order valence-electron chi connectivity index (χ2n) is 4.33. The van der Waals surface area contributed by atoms with Gasteiger partial charge in [-0.2, -0.15) is 0 Å². The molecule has 2 rings (SSSR count). The predicted octanol–water partition coefficient (Wildman–Crippen LogP) is 3.26. The van der Waals surface area contributed by atoms with Crippen molar-refractivity contribution in [2.45, 2.75) is 20.1 Å². The van der Waals surface area contributed by atoms with Gasteiger partial charge in [-0.3, -0.25) is 0 Å². The van der Waals surface area contributed by atoms with E-state index in [4.69, 9.17) is 15.2 Å². The highest BCUT2D eigenvalue weighted by Gasteiger charge is 2.05. The minimum absolute atomic E-state index is 0.162. The first-order chi connectivity index (χ1) is 9.72. The number of hydrogen-bond donors (Lipinski definition) is 1. The summed E-state index contributed by atoms with van der Waals surface area (Å²) >= 11 is 0. The highest BCUT2D eigenvalue weighted by atomic mass is 19.1. The summed E-state index contributed by atoms with van der Waals surface area (Å²) in [6, 6.07) is 12.1. The van der Waals surface area contributed by atoms with Gasteiger partial charge in [0.25, 0.3) is 0 Å². The molecule has 0 bridgehead atoms. The van der Waals surface area contributed by atoms with Gasteiger partial charge in [0.05, 0.1) is 6.61 Å². The Morgan fingerprint density at radius 3 is 2.50 bits per heavy atom. The molecule has 2 aromatic carbocycles. The van der Waals surface area contributed by atoms with Gasteiger partial charge in [0.1, 0.15) is 23.9 Å². The SMILES string of the molecule is CCOc1cccc(OCc2cc(CN)ccc2F)c1. The van der Waals surface area contributed by atoms with Gasteiger partial charge in [-0.25, -0.2) is 4.39 Å². The van der Waals surface area contributed by atoms with Gasteiger partial charge < -0.3 is 15.2 Å². The van der Waals surface area contributed by atoms with Crippen LogP contribution in [0.1, 0.15) is 18.1 Å². The molecule has 0 amide bonds. The maximum atomic E-state index is 13.7. The topological polar surface area (TPSA) is 44.5 Å². The first kappa shape index (κ1) is 14.3. The van der Waals surface area contributed by atoms with Crippen molar-refractivity contribution in [3.05, 3.63) is 59.4 Å². The first-order valence-electron chi connectivity index (χ1n) is 6.56. The smallest absolute Gasteiger partial charge is 0.129 e. The fourth-order valence-corrected chi connectivity index (χ4v) is 1.85. The molecule has 2 N–H and O–H groups in total. The maximum Gasteiger partial charge on any atom is 0.129 e. The molecular formula is C16H18FNO2. The second-order valence-corrected chi connectivity index (χ2v) is 4.33. The van der Waals surface area contributed by atoms with E-state index in [-0.39, 0.29) is 12.4 Å². The van der Waals surface area contributed by atoms with E-state index in [9.17, 15) is 4.39 Å². The average Bonchev–Trinajstić information content (AvgIpc) is 2.47. The summed E-state index contributed by atoms with van der Waals surface area (Å²) in [6.45, 7) is 3.06. The van der Waals surface area contributed by atoms with Crippen LogP contribution >= 0.6 is 0 Å². The number of hydrogen-bond acceptors (Lipinski definition) is 3. The summed E-state index contributed by atoms with van der Waals surface area (Å²) in [6.07, 6.45) is 0. The van der Waals surface area contributed by atoms with Gasteiger partial charge in [-0.15, -0.1) is 0 Å². The number of nitrogens with two attached hydrogens (primary N) is 1. The minimum atomic E-state index is -0.289. The van der Waals surface area contributed by atoms with Crippen LogP contribution in [0.4, 0.5) is 4.39 Å². The molecule has 0 aromatic heterocycles. The van der Waals surface area contributed by atoms with Crippen LogP contribution in [0.25, 0.3) is 0 Å². The molecule has 0 spiro atoms. The molecule has 0 aliphatic heterocycles. The molecule has 0 aliphatic carbocycles. The monoisotopic (exact) mass is 275 g/mol. The quantitative estimate of drug-likeness (QED) is 0.880. The lowest BCUT2D eigenvalue weighted by molar-refractivity contribution is 0.294.